The third-order valence-corrected chi connectivity index (χ3v) is 5.34. The van der Waals surface area contributed by atoms with Crippen LogP contribution in [0.4, 0.5) is 0 Å². The Hall–Kier alpha value is -1.43. The van der Waals surface area contributed by atoms with Gasteiger partial charge in [-0.2, -0.15) is 0 Å². The van der Waals surface area contributed by atoms with Gasteiger partial charge in [0.1, 0.15) is 0 Å². The monoisotopic (exact) mass is 336 g/mol. The second kappa shape index (κ2) is 6.77. The molecule has 1 saturated heterocycles. The molecule has 0 aliphatic carbocycles. The number of thiophene rings is 1. The van der Waals surface area contributed by atoms with E-state index in [0.717, 1.165) is 34.2 Å². The van der Waals surface area contributed by atoms with Gasteiger partial charge in [-0.15, -0.1) is 11.3 Å². The van der Waals surface area contributed by atoms with Crippen molar-refractivity contribution in [2.45, 2.75) is 18.9 Å². The summed E-state index contributed by atoms with van der Waals surface area (Å²) in [6.45, 7) is 1.46. The van der Waals surface area contributed by atoms with Gasteiger partial charge in [0.05, 0.1) is 16.3 Å². The van der Waals surface area contributed by atoms with Crippen LogP contribution in [0.25, 0.3) is 0 Å². The minimum atomic E-state index is -0.706. The Kier molecular flexibility index (Phi) is 4.76. The van der Waals surface area contributed by atoms with Crippen molar-refractivity contribution in [2.24, 2.45) is 5.92 Å². The lowest BCUT2D eigenvalue weighted by Gasteiger charge is -2.36. The molecule has 0 aromatic carbocycles. The summed E-state index contributed by atoms with van der Waals surface area (Å²) >= 11 is 7.65. The number of piperidine rings is 1. The molecule has 2 aromatic rings. The molecule has 1 fully saturated rings. The lowest BCUT2D eigenvalue weighted by Crippen LogP contribution is -2.41. The van der Waals surface area contributed by atoms with Crippen molar-refractivity contribution in [1.82, 2.24) is 9.88 Å². The summed E-state index contributed by atoms with van der Waals surface area (Å²) in [6.07, 6.45) is 5.20. The third-order valence-electron chi connectivity index (χ3n) is 4.05. The summed E-state index contributed by atoms with van der Waals surface area (Å²) in [4.78, 5) is 18.8. The molecule has 1 aliphatic rings. The van der Waals surface area contributed by atoms with E-state index in [0.29, 0.717) is 6.54 Å². The van der Waals surface area contributed by atoms with Crippen molar-refractivity contribution >= 4 is 28.9 Å². The van der Waals surface area contributed by atoms with E-state index in [-0.39, 0.29) is 12.0 Å². The fourth-order valence-corrected chi connectivity index (χ4v) is 4.24. The van der Waals surface area contributed by atoms with Crippen LogP contribution in [-0.4, -0.2) is 34.0 Å². The topological polar surface area (TPSA) is 53.4 Å². The quantitative estimate of drug-likeness (QED) is 0.925. The first-order chi connectivity index (χ1) is 10.6. The number of aromatic nitrogens is 1. The molecule has 0 saturated carbocycles. The van der Waals surface area contributed by atoms with Crippen molar-refractivity contribution in [3.05, 3.63) is 51.4 Å². The molecular weight excluding hydrogens is 320 g/mol. The average Bonchev–Trinajstić information content (AvgIpc) is 2.95. The summed E-state index contributed by atoms with van der Waals surface area (Å²) in [5.41, 5.74) is 1.12. The fraction of sp³-hybridized carbons (Fsp3) is 0.375. The maximum absolute atomic E-state index is 11.3. The highest BCUT2D eigenvalue weighted by Crippen LogP contribution is 2.37. The average molecular weight is 337 g/mol. The highest BCUT2D eigenvalue weighted by Gasteiger charge is 2.31. The van der Waals surface area contributed by atoms with Gasteiger partial charge in [-0.05, 0) is 49.2 Å². The molecule has 1 N–H and O–H groups in total. The lowest BCUT2D eigenvalue weighted by atomic mass is 9.94. The molecule has 0 amide bonds. The fourth-order valence-electron chi connectivity index (χ4n) is 3.02. The summed E-state index contributed by atoms with van der Waals surface area (Å²) in [7, 11) is 0. The molecule has 1 aliphatic heterocycles. The number of carboxylic acid groups (broad SMARTS) is 1. The van der Waals surface area contributed by atoms with Gasteiger partial charge >= 0.3 is 5.97 Å². The molecule has 0 bridgehead atoms. The van der Waals surface area contributed by atoms with E-state index in [1.807, 2.05) is 24.3 Å². The van der Waals surface area contributed by atoms with E-state index in [2.05, 4.69) is 9.88 Å². The van der Waals surface area contributed by atoms with E-state index < -0.39 is 5.97 Å². The molecule has 4 nitrogen and oxygen atoms in total. The summed E-state index contributed by atoms with van der Waals surface area (Å²) < 4.78 is 0.751. The van der Waals surface area contributed by atoms with Crippen LogP contribution in [0.5, 0.6) is 0 Å². The van der Waals surface area contributed by atoms with Crippen LogP contribution in [0, 0.1) is 5.92 Å². The zero-order valence-corrected chi connectivity index (χ0v) is 13.6. The van der Waals surface area contributed by atoms with Crippen LogP contribution in [0.2, 0.25) is 4.34 Å². The number of carboxylic acids is 1. The van der Waals surface area contributed by atoms with E-state index >= 15 is 0 Å². The number of carbonyl (C=O) groups is 1. The van der Waals surface area contributed by atoms with E-state index in [1.165, 1.54) is 0 Å². The molecule has 116 valence electrons. The number of rotatable bonds is 4. The van der Waals surface area contributed by atoms with E-state index in [4.69, 9.17) is 11.6 Å². The van der Waals surface area contributed by atoms with Crippen LogP contribution >= 0.6 is 22.9 Å². The first kappa shape index (κ1) is 15.5. The molecule has 22 heavy (non-hydrogen) atoms. The van der Waals surface area contributed by atoms with Crippen molar-refractivity contribution in [1.29, 1.82) is 0 Å². The molecule has 3 heterocycles. The Morgan fingerprint density at radius 2 is 2.14 bits per heavy atom. The van der Waals surface area contributed by atoms with Crippen LogP contribution in [0.1, 0.15) is 29.3 Å². The zero-order valence-electron chi connectivity index (χ0n) is 12.0. The second-order valence-electron chi connectivity index (χ2n) is 5.50. The van der Waals surface area contributed by atoms with Gasteiger partial charge in [0, 0.05) is 23.8 Å². The molecule has 6 heteroatoms. The highest BCUT2D eigenvalue weighted by molar-refractivity contribution is 7.16. The molecule has 0 spiro atoms. The van der Waals surface area contributed by atoms with Crippen LogP contribution < -0.4 is 0 Å². The third kappa shape index (κ3) is 3.32. The van der Waals surface area contributed by atoms with Gasteiger partial charge < -0.3 is 5.11 Å². The van der Waals surface area contributed by atoms with Gasteiger partial charge in [-0.1, -0.05) is 11.6 Å². The van der Waals surface area contributed by atoms with Gasteiger partial charge in [-0.3, -0.25) is 14.7 Å². The number of nitrogens with zero attached hydrogens (tertiary/aromatic N) is 2. The van der Waals surface area contributed by atoms with Crippen molar-refractivity contribution in [3.8, 4) is 0 Å². The van der Waals surface area contributed by atoms with Crippen molar-refractivity contribution in [2.75, 3.05) is 13.1 Å². The maximum Gasteiger partial charge on any atom is 0.307 e. The van der Waals surface area contributed by atoms with E-state index in [9.17, 15) is 9.90 Å². The zero-order chi connectivity index (χ0) is 15.5. The minimum absolute atomic E-state index is 0.0441. The Morgan fingerprint density at radius 1 is 1.36 bits per heavy atom. The standard InChI is InChI=1S/C16H17ClN2O2S/c17-14-4-3-13(22-14)15(11-5-7-18-8-6-11)19-9-1-2-12(10-19)16(20)21/h3-8,12,15H,1-2,9-10H2,(H,20,21). The Balaban J connectivity index is 1.93. The Bertz CT molecular complexity index is 647. The van der Waals surface area contributed by atoms with Gasteiger partial charge in [-0.25, -0.2) is 0 Å². The predicted molar refractivity (Wildman–Crippen MR) is 87.3 cm³/mol. The van der Waals surface area contributed by atoms with Crippen LogP contribution in [0.3, 0.4) is 0 Å². The van der Waals surface area contributed by atoms with Crippen molar-refractivity contribution < 1.29 is 9.90 Å². The number of pyridine rings is 1. The molecule has 2 unspecified atom stereocenters. The summed E-state index contributed by atoms with van der Waals surface area (Å²) in [5, 5.41) is 9.33. The van der Waals surface area contributed by atoms with Crippen LogP contribution in [0.15, 0.2) is 36.7 Å². The van der Waals surface area contributed by atoms with Crippen molar-refractivity contribution in [3.63, 3.8) is 0 Å². The predicted octanol–water partition coefficient (Wildman–Crippen LogP) is 3.68. The summed E-state index contributed by atoms with van der Waals surface area (Å²) in [5.74, 6) is -1.00. The molecule has 2 atom stereocenters. The normalized spacial score (nSPS) is 20.7. The van der Waals surface area contributed by atoms with Crippen LogP contribution in [-0.2, 0) is 4.79 Å². The number of aliphatic carboxylic acids is 1. The molecule has 2 aromatic heterocycles. The smallest absolute Gasteiger partial charge is 0.307 e. The minimum Gasteiger partial charge on any atom is -0.481 e. The Labute approximate surface area is 138 Å². The molecule has 3 rings (SSSR count). The Morgan fingerprint density at radius 3 is 2.77 bits per heavy atom. The number of hydrogen-bond donors (Lipinski definition) is 1. The van der Waals surface area contributed by atoms with E-state index in [1.54, 1.807) is 23.7 Å². The summed E-state index contributed by atoms with van der Waals surface area (Å²) in [6, 6.07) is 7.95. The highest BCUT2D eigenvalue weighted by atomic mass is 35.5. The number of hydrogen-bond acceptors (Lipinski definition) is 4. The molecular formula is C16H17ClN2O2S. The van der Waals surface area contributed by atoms with Gasteiger partial charge in [0.15, 0.2) is 0 Å². The number of halogens is 1. The SMILES string of the molecule is O=C(O)C1CCCN(C(c2ccncc2)c2ccc(Cl)s2)C1. The first-order valence-corrected chi connectivity index (χ1v) is 8.46. The molecule has 0 radical (unpaired) electrons. The lowest BCUT2D eigenvalue weighted by molar-refractivity contribution is -0.143. The number of likely N-dealkylation sites (tertiary alicyclic amines) is 1. The second-order valence-corrected chi connectivity index (χ2v) is 7.24. The maximum atomic E-state index is 11.3. The van der Waals surface area contributed by atoms with Gasteiger partial charge in [0.25, 0.3) is 0 Å². The van der Waals surface area contributed by atoms with Gasteiger partial charge in [0.2, 0.25) is 0 Å². The largest absolute Gasteiger partial charge is 0.481 e. The first-order valence-electron chi connectivity index (χ1n) is 7.27.